The first kappa shape index (κ1) is 27.8. The predicted molar refractivity (Wildman–Crippen MR) is 198 cm³/mol. The molecule has 0 saturated carbocycles. The van der Waals surface area contributed by atoms with E-state index in [9.17, 15) is 0 Å². The van der Waals surface area contributed by atoms with Crippen molar-refractivity contribution in [3.05, 3.63) is 127 Å². The highest BCUT2D eigenvalue weighted by Crippen LogP contribution is 2.42. The van der Waals surface area contributed by atoms with Gasteiger partial charge in [0, 0.05) is 43.7 Å². The van der Waals surface area contributed by atoms with Crippen LogP contribution in [0.4, 0.5) is 0 Å². The van der Waals surface area contributed by atoms with Gasteiger partial charge in [0.05, 0.1) is 33.3 Å². The number of benzene rings is 6. The zero-order valence-electron chi connectivity index (χ0n) is 27.3. The van der Waals surface area contributed by atoms with E-state index in [-0.39, 0.29) is 0 Å². The van der Waals surface area contributed by atoms with Crippen LogP contribution in [0.25, 0.3) is 76.9 Å². The van der Waals surface area contributed by atoms with Gasteiger partial charge >= 0.3 is 7.12 Å². The molecule has 1 saturated heterocycles. The number of para-hydroxylation sites is 3. The van der Waals surface area contributed by atoms with E-state index in [1.807, 2.05) is 0 Å². The molecular formula is C42H33BN2O3. The largest absolute Gasteiger partial charge is 0.494 e. The van der Waals surface area contributed by atoms with Crippen molar-refractivity contribution >= 4 is 78.1 Å². The van der Waals surface area contributed by atoms with E-state index in [1.54, 1.807) is 0 Å². The monoisotopic (exact) mass is 624 g/mol. The lowest BCUT2D eigenvalue weighted by molar-refractivity contribution is 0.00578. The van der Waals surface area contributed by atoms with E-state index < -0.39 is 18.3 Å². The highest BCUT2D eigenvalue weighted by Gasteiger charge is 2.51. The van der Waals surface area contributed by atoms with Gasteiger partial charge in [-0.2, -0.15) is 0 Å². The van der Waals surface area contributed by atoms with E-state index in [4.69, 9.17) is 13.7 Å². The third-order valence-electron chi connectivity index (χ3n) is 10.7. The van der Waals surface area contributed by atoms with E-state index in [0.29, 0.717) is 0 Å². The molecule has 5 nitrogen and oxygen atoms in total. The Morgan fingerprint density at radius 1 is 0.458 bits per heavy atom. The van der Waals surface area contributed by atoms with Gasteiger partial charge in [-0.25, -0.2) is 0 Å². The first-order valence-corrected chi connectivity index (χ1v) is 16.6. The first-order chi connectivity index (χ1) is 23.3. The smallest absolute Gasteiger partial charge is 0.456 e. The number of fused-ring (bicyclic) bond motifs is 10. The van der Waals surface area contributed by atoms with Gasteiger partial charge in [-0.1, -0.05) is 78.9 Å². The highest BCUT2D eigenvalue weighted by molar-refractivity contribution is 6.62. The molecule has 9 aromatic rings. The van der Waals surface area contributed by atoms with Crippen molar-refractivity contribution in [1.29, 1.82) is 0 Å². The Morgan fingerprint density at radius 3 is 1.67 bits per heavy atom. The van der Waals surface area contributed by atoms with E-state index in [2.05, 4.69) is 164 Å². The van der Waals surface area contributed by atoms with Crippen molar-refractivity contribution in [3.63, 3.8) is 0 Å². The maximum absolute atomic E-state index is 6.47. The van der Waals surface area contributed by atoms with Crippen molar-refractivity contribution < 1.29 is 13.7 Å². The number of furan rings is 1. The van der Waals surface area contributed by atoms with Crippen LogP contribution in [0, 0.1) is 0 Å². The molecular weight excluding hydrogens is 591 g/mol. The Balaban J connectivity index is 1.24. The third-order valence-corrected chi connectivity index (χ3v) is 10.7. The number of aromatic nitrogens is 2. The van der Waals surface area contributed by atoms with Crippen molar-refractivity contribution in [2.24, 2.45) is 0 Å². The Kier molecular flexibility index (Phi) is 5.57. The van der Waals surface area contributed by atoms with Gasteiger partial charge in [0.2, 0.25) is 0 Å². The summed E-state index contributed by atoms with van der Waals surface area (Å²) < 4.78 is 24.0. The Morgan fingerprint density at radius 2 is 1.02 bits per heavy atom. The first-order valence-electron chi connectivity index (χ1n) is 16.6. The van der Waals surface area contributed by atoms with E-state index in [1.165, 1.54) is 43.6 Å². The normalized spacial score (nSPS) is 16.0. The van der Waals surface area contributed by atoms with Gasteiger partial charge in [0.1, 0.15) is 11.2 Å². The summed E-state index contributed by atoms with van der Waals surface area (Å²) in [5, 5.41) is 7.06. The number of hydrogen-bond donors (Lipinski definition) is 0. The summed E-state index contributed by atoms with van der Waals surface area (Å²) in [5.74, 6) is 0. The molecule has 6 aromatic carbocycles. The van der Waals surface area contributed by atoms with Crippen molar-refractivity contribution in [2.45, 2.75) is 38.9 Å². The summed E-state index contributed by atoms with van der Waals surface area (Å²) in [6.45, 7) is 8.32. The van der Waals surface area contributed by atoms with Gasteiger partial charge in [0.15, 0.2) is 0 Å². The molecule has 0 bridgehead atoms. The summed E-state index contributed by atoms with van der Waals surface area (Å²) in [4.78, 5) is 0. The average molecular weight is 625 g/mol. The van der Waals surface area contributed by atoms with Gasteiger partial charge in [-0.05, 0) is 81.7 Å². The molecule has 0 atom stereocenters. The van der Waals surface area contributed by atoms with E-state index in [0.717, 1.165) is 38.8 Å². The summed E-state index contributed by atoms with van der Waals surface area (Å²) in [5.41, 5.74) is 8.78. The fourth-order valence-corrected chi connectivity index (χ4v) is 7.66. The quantitative estimate of drug-likeness (QED) is 0.184. The Labute approximate surface area is 278 Å². The lowest BCUT2D eigenvalue weighted by Gasteiger charge is -2.32. The topological polar surface area (TPSA) is 41.5 Å². The molecule has 10 rings (SSSR count). The maximum atomic E-state index is 6.47. The summed E-state index contributed by atoms with van der Waals surface area (Å²) in [6, 6.07) is 45.6. The molecule has 0 unspecified atom stereocenters. The fourth-order valence-electron chi connectivity index (χ4n) is 7.66. The lowest BCUT2D eigenvalue weighted by Crippen LogP contribution is -2.41. The summed E-state index contributed by atoms with van der Waals surface area (Å²) in [7, 11) is -0.445. The molecule has 48 heavy (non-hydrogen) atoms. The molecule has 0 aliphatic carbocycles. The van der Waals surface area contributed by atoms with Crippen LogP contribution >= 0.6 is 0 Å². The molecule has 6 heteroatoms. The van der Waals surface area contributed by atoms with Crippen molar-refractivity contribution in [3.8, 4) is 11.4 Å². The molecule has 3 aromatic heterocycles. The van der Waals surface area contributed by atoms with Gasteiger partial charge in [-0.15, -0.1) is 0 Å². The molecule has 4 heterocycles. The second-order valence-corrected chi connectivity index (χ2v) is 14.0. The molecule has 232 valence electrons. The van der Waals surface area contributed by atoms with Gasteiger partial charge < -0.3 is 22.9 Å². The van der Waals surface area contributed by atoms with Crippen LogP contribution in [-0.2, 0) is 9.31 Å². The van der Waals surface area contributed by atoms with Crippen LogP contribution in [-0.4, -0.2) is 27.5 Å². The summed E-state index contributed by atoms with van der Waals surface area (Å²) >= 11 is 0. The van der Waals surface area contributed by atoms with Gasteiger partial charge in [-0.3, -0.25) is 0 Å². The number of rotatable bonds is 3. The molecule has 1 fully saturated rings. The fraction of sp³-hybridized carbons (Fsp3) is 0.143. The van der Waals surface area contributed by atoms with Crippen LogP contribution in [0.1, 0.15) is 27.7 Å². The van der Waals surface area contributed by atoms with Crippen LogP contribution in [0.2, 0.25) is 0 Å². The lowest BCUT2D eigenvalue weighted by atomic mass is 9.79. The minimum atomic E-state index is -0.445. The van der Waals surface area contributed by atoms with E-state index >= 15 is 0 Å². The minimum Gasteiger partial charge on any atom is -0.456 e. The molecule has 0 amide bonds. The Hall–Kier alpha value is -5.30. The van der Waals surface area contributed by atoms with Crippen LogP contribution in [0.15, 0.2) is 132 Å². The molecule has 0 radical (unpaired) electrons. The maximum Gasteiger partial charge on any atom is 0.494 e. The highest BCUT2D eigenvalue weighted by atomic mass is 16.7. The zero-order valence-corrected chi connectivity index (χ0v) is 27.3. The van der Waals surface area contributed by atoms with Crippen molar-refractivity contribution in [1.82, 2.24) is 9.13 Å². The van der Waals surface area contributed by atoms with Crippen LogP contribution < -0.4 is 5.46 Å². The standard InChI is InChI=1S/C42H33BN2O3/c1-41(2)42(3,4)48-43(47-41)26-18-20-31-34-25-28(19-23-37(34)46-38(31)24-26)45-36-17-11-9-15-30(36)33-22-21-32-29-14-8-10-16-35(29)44(39(32)40(33)45)27-12-6-5-7-13-27/h5-25H,1-4H3. The zero-order chi connectivity index (χ0) is 32.4. The summed E-state index contributed by atoms with van der Waals surface area (Å²) in [6.07, 6.45) is 0. The Bertz CT molecular complexity index is 2730. The van der Waals surface area contributed by atoms with Gasteiger partial charge in [0.25, 0.3) is 0 Å². The minimum absolute atomic E-state index is 0.407. The van der Waals surface area contributed by atoms with Crippen LogP contribution in [0.3, 0.4) is 0 Å². The predicted octanol–water partition coefficient (Wildman–Crippen LogP) is 10.1. The number of nitrogens with zero attached hydrogens (tertiary/aromatic N) is 2. The second-order valence-electron chi connectivity index (χ2n) is 14.0. The van der Waals surface area contributed by atoms with Crippen LogP contribution in [0.5, 0.6) is 0 Å². The molecule has 1 aliphatic rings. The SMILES string of the molecule is CC1(C)OB(c2ccc3c(c2)oc2ccc(-n4c5ccccc5c5ccc6c7ccccc7n(-c7ccccc7)c6c54)cc23)OC1(C)C. The molecule has 0 spiro atoms. The second kappa shape index (κ2) is 9.63. The average Bonchev–Trinajstić information content (AvgIpc) is 3.80. The molecule has 0 N–H and O–H groups in total. The third kappa shape index (κ3) is 3.76. The molecule has 1 aliphatic heterocycles. The van der Waals surface area contributed by atoms with Crippen molar-refractivity contribution in [2.75, 3.05) is 0 Å². The number of hydrogen-bond acceptors (Lipinski definition) is 3.